The Balaban J connectivity index is 1.95. The molecule has 2 aliphatic carbocycles. The number of rotatable bonds is 3. The third-order valence-electron chi connectivity index (χ3n) is 5.65. The third kappa shape index (κ3) is 2.28. The summed E-state index contributed by atoms with van der Waals surface area (Å²) in [5, 5.41) is 8.99. The van der Waals surface area contributed by atoms with Crippen LogP contribution in [-0.4, -0.2) is 21.3 Å². The van der Waals surface area contributed by atoms with Crippen LogP contribution in [0.4, 0.5) is 0 Å². The van der Waals surface area contributed by atoms with Gasteiger partial charge in [0.1, 0.15) is 11.6 Å². The van der Waals surface area contributed by atoms with Crippen LogP contribution in [0.5, 0.6) is 0 Å². The highest BCUT2D eigenvalue weighted by Crippen LogP contribution is 2.42. The second-order valence-corrected chi connectivity index (χ2v) is 7.05. The van der Waals surface area contributed by atoms with Gasteiger partial charge in [-0.3, -0.25) is 0 Å². The van der Waals surface area contributed by atoms with E-state index in [-0.39, 0.29) is 5.41 Å². The van der Waals surface area contributed by atoms with Crippen LogP contribution in [0.3, 0.4) is 0 Å². The minimum absolute atomic E-state index is 0.0797. The van der Waals surface area contributed by atoms with Gasteiger partial charge in [-0.2, -0.15) is 0 Å². The van der Waals surface area contributed by atoms with Gasteiger partial charge in [-0.1, -0.05) is 19.8 Å². The summed E-state index contributed by atoms with van der Waals surface area (Å²) < 4.78 is 2.44. The number of hydrogen-bond acceptors (Lipinski definition) is 3. The molecule has 0 aromatic carbocycles. The molecule has 2 fully saturated rings. The van der Waals surface area contributed by atoms with Crippen LogP contribution in [0.15, 0.2) is 0 Å². The van der Waals surface area contributed by atoms with Crippen LogP contribution >= 0.6 is 0 Å². The Kier molecular flexibility index (Phi) is 3.85. The van der Waals surface area contributed by atoms with Gasteiger partial charge in [0.2, 0.25) is 0 Å². The fraction of sp³-hybridized carbons (Fsp3) is 0.875. The average molecular weight is 276 g/mol. The zero-order valence-corrected chi connectivity index (χ0v) is 12.9. The molecule has 0 saturated heterocycles. The Morgan fingerprint density at radius 2 is 1.80 bits per heavy atom. The molecule has 0 amide bonds. The fourth-order valence-corrected chi connectivity index (χ4v) is 4.16. The van der Waals surface area contributed by atoms with Gasteiger partial charge in [-0.25, -0.2) is 0 Å². The van der Waals surface area contributed by atoms with Gasteiger partial charge in [0, 0.05) is 18.0 Å². The first-order valence-corrected chi connectivity index (χ1v) is 8.28. The molecule has 0 bridgehead atoms. The molecule has 4 heteroatoms. The van der Waals surface area contributed by atoms with E-state index in [4.69, 9.17) is 5.73 Å². The molecule has 0 radical (unpaired) electrons. The van der Waals surface area contributed by atoms with E-state index in [1.807, 2.05) is 0 Å². The molecule has 4 nitrogen and oxygen atoms in total. The molecule has 2 saturated carbocycles. The molecule has 1 aromatic heterocycles. The first-order valence-electron chi connectivity index (χ1n) is 8.28. The lowest BCUT2D eigenvalue weighted by molar-refractivity contribution is 0.225. The first kappa shape index (κ1) is 14.1. The van der Waals surface area contributed by atoms with Crippen LogP contribution in [0.2, 0.25) is 0 Å². The van der Waals surface area contributed by atoms with Crippen molar-refractivity contribution in [2.24, 2.45) is 11.7 Å². The summed E-state index contributed by atoms with van der Waals surface area (Å²) >= 11 is 0. The maximum Gasteiger partial charge on any atom is 0.140 e. The Labute approximate surface area is 122 Å². The lowest BCUT2D eigenvalue weighted by Crippen LogP contribution is -2.41. The van der Waals surface area contributed by atoms with Crippen molar-refractivity contribution >= 4 is 0 Å². The molecule has 20 heavy (non-hydrogen) atoms. The lowest BCUT2D eigenvalue weighted by Gasteiger charge is -2.38. The summed E-state index contributed by atoms with van der Waals surface area (Å²) in [5.41, 5.74) is 6.29. The van der Waals surface area contributed by atoms with E-state index in [9.17, 15) is 0 Å². The van der Waals surface area contributed by atoms with Crippen molar-refractivity contribution in [3.05, 3.63) is 11.6 Å². The predicted molar refractivity (Wildman–Crippen MR) is 80.6 cm³/mol. The number of hydrogen-bond donors (Lipinski definition) is 1. The van der Waals surface area contributed by atoms with Crippen molar-refractivity contribution in [2.75, 3.05) is 6.54 Å². The van der Waals surface area contributed by atoms with Gasteiger partial charge in [-0.15, -0.1) is 10.2 Å². The van der Waals surface area contributed by atoms with E-state index in [0.717, 1.165) is 11.7 Å². The van der Waals surface area contributed by atoms with E-state index in [2.05, 4.69) is 28.6 Å². The summed E-state index contributed by atoms with van der Waals surface area (Å²) in [7, 11) is 0. The Hall–Kier alpha value is -0.900. The largest absolute Gasteiger partial charge is 0.329 e. The molecule has 0 atom stereocenters. The highest BCUT2D eigenvalue weighted by Gasteiger charge is 2.40. The fourth-order valence-electron chi connectivity index (χ4n) is 4.16. The lowest BCUT2D eigenvalue weighted by atomic mass is 9.70. The van der Waals surface area contributed by atoms with E-state index < -0.39 is 0 Å². The molecule has 0 spiro atoms. The van der Waals surface area contributed by atoms with E-state index in [1.165, 1.54) is 57.2 Å². The van der Waals surface area contributed by atoms with Crippen LogP contribution in [0, 0.1) is 12.8 Å². The molecule has 2 aliphatic rings. The monoisotopic (exact) mass is 276 g/mol. The molecule has 1 aromatic rings. The van der Waals surface area contributed by atoms with Crippen molar-refractivity contribution in [2.45, 2.75) is 76.7 Å². The number of aryl methyl sites for hydroxylation is 1. The van der Waals surface area contributed by atoms with Crippen molar-refractivity contribution < 1.29 is 0 Å². The maximum atomic E-state index is 6.21. The minimum atomic E-state index is 0.0797. The van der Waals surface area contributed by atoms with Crippen molar-refractivity contribution in [3.8, 4) is 0 Å². The highest BCUT2D eigenvalue weighted by molar-refractivity contribution is 5.15. The molecular formula is C16H28N4. The first-order chi connectivity index (χ1) is 9.66. The van der Waals surface area contributed by atoms with E-state index in [0.29, 0.717) is 12.6 Å². The van der Waals surface area contributed by atoms with Crippen molar-refractivity contribution in [3.63, 3.8) is 0 Å². The van der Waals surface area contributed by atoms with Gasteiger partial charge in [-0.05, 0) is 51.4 Å². The van der Waals surface area contributed by atoms with Gasteiger partial charge in [0.15, 0.2) is 0 Å². The van der Waals surface area contributed by atoms with Crippen molar-refractivity contribution in [1.29, 1.82) is 0 Å². The number of aromatic nitrogens is 3. The standard InChI is InChI=1S/C16H28N4/c1-12-7-9-16(11-17,10-8-12)15-19-18-13(2)20(15)14-5-3-4-6-14/h12,14H,3-11,17H2,1-2H3. The molecule has 1 heterocycles. The quantitative estimate of drug-likeness (QED) is 0.923. The Bertz CT molecular complexity index is 451. The topological polar surface area (TPSA) is 56.7 Å². The predicted octanol–water partition coefficient (Wildman–Crippen LogP) is 3.11. The second kappa shape index (κ2) is 5.47. The van der Waals surface area contributed by atoms with E-state index in [1.54, 1.807) is 0 Å². The molecule has 0 unspecified atom stereocenters. The normalized spacial score (nSPS) is 31.9. The average Bonchev–Trinajstić information content (AvgIpc) is 3.09. The smallest absolute Gasteiger partial charge is 0.140 e. The second-order valence-electron chi connectivity index (χ2n) is 7.05. The third-order valence-corrected chi connectivity index (χ3v) is 5.65. The zero-order valence-electron chi connectivity index (χ0n) is 12.9. The van der Waals surface area contributed by atoms with Crippen LogP contribution in [0.1, 0.15) is 76.0 Å². The maximum absolute atomic E-state index is 6.21. The van der Waals surface area contributed by atoms with Gasteiger partial charge in [0.05, 0.1) is 0 Å². The minimum Gasteiger partial charge on any atom is -0.329 e. The summed E-state index contributed by atoms with van der Waals surface area (Å²) in [4.78, 5) is 0. The summed E-state index contributed by atoms with van der Waals surface area (Å²) in [6, 6.07) is 0.614. The number of nitrogens with zero attached hydrogens (tertiary/aromatic N) is 3. The zero-order chi connectivity index (χ0) is 14.2. The summed E-state index contributed by atoms with van der Waals surface area (Å²) in [6.07, 6.45) is 10.1. The molecule has 0 aliphatic heterocycles. The van der Waals surface area contributed by atoms with Crippen LogP contribution in [0.25, 0.3) is 0 Å². The van der Waals surface area contributed by atoms with Crippen LogP contribution in [-0.2, 0) is 5.41 Å². The van der Waals surface area contributed by atoms with Crippen LogP contribution < -0.4 is 5.73 Å². The van der Waals surface area contributed by atoms with Gasteiger partial charge >= 0.3 is 0 Å². The number of nitrogens with two attached hydrogens (primary N) is 1. The Morgan fingerprint density at radius 1 is 1.15 bits per heavy atom. The Morgan fingerprint density at radius 3 is 2.40 bits per heavy atom. The molecule has 112 valence electrons. The highest BCUT2D eigenvalue weighted by atomic mass is 15.3. The SMILES string of the molecule is Cc1nnc(C2(CN)CCC(C)CC2)n1C1CCCC1. The van der Waals surface area contributed by atoms with Crippen molar-refractivity contribution in [1.82, 2.24) is 14.8 Å². The molecular weight excluding hydrogens is 248 g/mol. The van der Waals surface area contributed by atoms with E-state index >= 15 is 0 Å². The molecule has 2 N–H and O–H groups in total. The van der Waals surface area contributed by atoms with Gasteiger partial charge < -0.3 is 10.3 Å². The molecule has 3 rings (SSSR count). The summed E-state index contributed by atoms with van der Waals surface area (Å²) in [5.74, 6) is 3.10. The summed E-state index contributed by atoms with van der Waals surface area (Å²) in [6.45, 7) is 5.17. The van der Waals surface area contributed by atoms with Gasteiger partial charge in [0.25, 0.3) is 0 Å².